The van der Waals surface area contributed by atoms with Crippen LogP contribution in [0.2, 0.25) is 0 Å². The average molecular weight is 338 g/mol. The van der Waals surface area contributed by atoms with Gasteiger partial charge in [-0.25, -0.2) is 4.79 Å². The Morgan fingerprint density at radius 2 is 1.68 bits per heavy atom. The van der Waals surface area contributed by atoms with Crippen molar-refractivity contribution in [2.24, 2.45) is 5.11 Å². The highest BCUT2D eigenvalue weighted by Gasteiger charge is 2.27. The van der Waals surface area contributed by atoms with Crippen molar-refractivity contribution in [3.05, 3.63) is 70.6 Å². The first-order valence-corrected chi connectivity index (χ1v) is 7.65. The van der Waals surface area contributed by atoms with Crippen LogP contribution in [-0.4, -0.2) is 31.1 Å². The van der Waals surface area contributed by atoms with Crippen LogP contribution in [-0.2, 0) is 9.53 Å². The summed E-state index contributed by atoms with van der Waals surface area (Å²) in [6.07, 6.45) is 0. The Labute approximate surface area is 145 Å². The molecule has 0 fully saturated rings. The highest BCUT2D eigenvalue weighted by Crippen LogP contribution is 2.19. The van der Waals surface area contributed by atoms with Crippen molar-refractivity contribution in [1.82, 2.24) is 5.32 Å². The number of hydrogen-bond donors (Lipinski definition) is 1. The molecule has 0 aliphatic carbocycles. The lowest BCUT2D eigenvalue weighted by Crippen LogP contribution is -2.47. The van der Waals surface area contributed by atoms with Gasteiger partial charge >= 0.3 is 5.97 Å². The molecule has 128 valence electrons. The van der Waals surface area contributed by atoms with Gasteiger partial charge in [-0.2, -0.15) is 0 Å². The number of esters is 1. The summed E-state index contributed by atoms with van der Waals surface area (Å²) in [7, 11) is 1.21. The van der Waals surface area contributed by atoms with Crippen LogP contribution < -0.4 is 5.32 Å². The Kier molecular flexibility index (Phi) is 6.14. The van der Waals surface area contributed by atoms with E-state index in [9.17, 15) is 9.59 Å². The zero-order valence-electron chi connectivity index (χ0n) is 13.9. The number of rotatable bonds is 6. The molecule has 0 radical (unpaired) electrons. The smallest absolute Gasteiger partial charge is 0.328 e. The van der Waals surface area contributed by atoms with Crippen LogP contribution in [0.4, 0.5) is 0 Å². The third kappa shape index (κ3) is 4.59. The van der Waals surface area contributed by atoms with E-state index in [-0.39, 0.29) is 0 Å². The lowest BCUT2D eigenvalue weighted by molar-refractivity contribution is -0.143. The molecule has 0 saturated carbocycles. The Hall–Kier alpha value is -3.31. The molecule has 7 nitrogen and oxygen atoms in total. The summed E-state index contributed by atoms with van der Waals surface area (Å²) >= 11 is 0. The molecular formula is C18H18N4O3. The molecule has 0 heterocycles. The van der Waals surface area contributed by atoms with Crippen molar-refractivity contribution >= 4 is 11.9 Å². The molecule has 0 unspecified atom stereocenters. The quantitative estimate of drug-likeness (QED) is 0.378. The largest absolute Gasteiger partial charge is 0.467 e. The first-order chi connectivity index (χ1) is 12.1. The zero-order chi connectivity index (χ0) is 18.2. The van der Waals surface area contributed by atoms with Gasteiger partial charge in [0.05, 0.1) is 13.2 Å². The molecule has 0 aliphatic rings. The molecule has 0 bridgehead atoms. The van der Waals surface area contributed by atoms with E-state index in [1.54, 1.807) is 12.1 Å². The van der Waals surface area contributed by atoms with E-state index in [1.165, 1.54) is 14.0 Å². The first kappa shape index (κ1) is 18.0. The van der Waals surface area contributed by atoms with E-state index in [0.717, 1.165) is 11.1 Å². The number of methoxy groups -OCH3 is 1. The van der Waals surface area contributed by atoms with Crippen LogP contribution >= 0.6 is 0 Å². The molecule has 25 heavy (non-hydrogen) atoms. The third-order valence-electron chi connectivity index (χ3n) is 3.71. The Bertz CT molecular complexity index is 784. The lowest BCUT2D eigenvalue weighted by Gasteiger charge is -2.19. The molecule has 0 spiro atoms. The van der Waals surface area contributed by atoms with Crippen LogP contribution in [0, 0.1) is 0 Å². The lowest BCUT2D eigenvalue weighted by atomic mass is 10.0. The second-order valence-corrected chi connectivity index (χ2v) is 5.36. The highest BCUT2D eigenvalue weighted by atomic mass is 16.5. The maximum absolute atomic E-state index is 12.4. The van der Waals surface area contributed by atoms with E-state index >= 15 is 0 Å². The van der Waals surface area contributed by atoms with Crippen molar-refractivity contribution in [1.29, 1.82) is 0 Å². The van der Waals surface area contributed by atoms with Crippen molar-refractivity contribution in [3.63, 3.8) is 0 Å². The van der Waals surface area contributed by atoms with Crippen LogP contribution in [0.3, 0.4) is 0 Å². The second kappa shape index (κ2) is 8.52. The fourth-order valence-electron chi connectivity index (χ4n) is 2.32. The molecule has 7 heteroatoms. The van der Waals surface area contributed by atoms with Gasteiger partial charge in [0.25, 0.3) is 5.91 Å². The number of nitrogens with one attached hydrogen (secondary N) is 1. The van der Waals surface area contributed by atoms with Crippen LogP contribution in [0.1, 0.15) is 17.3 Å². The van der Waals surface area contributed by atoms with E-state index < -0.39 is 24.0 Å². The summed E-state index contributed by atoms with van der Waals surface area (Å²) in [6, 6.07) is 14.9. The maximum Gasteiger partial charge on any atom is 0.328 e. The monoisotopic (exact) mass is 338 g/mol. The molecule has 0 saturated heterocycles. The topological polar surface area (TPSA) is 104 Å². The van der Waals surface area contributed by atoms with Gasteiger partial charge in [-0.15, -0.1) is 0 Å². The molecule has 2 aromatic rings. The zero-order valence-corrected chi connectivity index (χ0v) is 13.9. The first-order valence-electron chi connectivity index (χ1n) is 7.65. The van der Waals surface area contributed by atoms with Crippen LogP contribution in [0.25, 0.3) is 21.6 Å². The van der Waals surface area contributed by atoms with Gasteiger partial charge in [0.15, 0.2) is 0 Å². The van der Waals surface area contributed by atoms with E-state index in [4.69, 9.17) is 5.53 Å². The summed E-state index contributed by atoms with van der Waals surface area (Å²) in [4.78, 5) is 26.9. The maximum atomic E-state index is 12.4. The van der Waals surface area contributed by atoms with Crippen molar-refractivity contribution in [2.45, 2.75) is 19.0 Å². The molecular weight excluding hydrogens is 320 g/mol. The van der Waals surface area contributed by atoms with E-state index in [0.29, 0.717) is 5.56 Å². The van der Waals surface area contributed by atoms with Gasteiger partial charge in [-0.1, -0.05) is 54.5 Å². The number of amides is 1. The summed E-state index contributed by atoms with van der Waals surface area (Å²) in [5, 5.41) is 6.01. The molecule has 1 N–H and O–H groups in total. The summed E-state index contributed by atoms with van der Waals surface area (Å²) < 4.78 is 4.66. The summed E-state index contributed by atoms with van der Waals surface area (Å²) in [6.45, 7) is 1.53. The van der Waals surface area contributed by atoms with Crippen LogP contribution in [0.5, 0.6) is 0 Å². The van der Waals surface area contributed by atoms with Gasteiger partial charge in [0.1, 0.15) is 6.04 Å². The van der Waals surface area contributed by atoms with Crippen molar-refractivity contribution < 1.29 is 14.3 Å². The molecule has 1 amide bonds. The number of azide groups is 1. The molecule has 2 atom stereocenters. The number of carbonyl (C=O) groups excluding carboxylic acids is 2. The Balaban J connectivity index is 2.16. The highest BCUT2D eigenvalue weighted by molar-refractivity contribution is 5.97. The SMILES string of the molecule is COC(=O)[C@@H](NC(=O)c1ccc(-c2ccccc2)cc1)[C@@H](C)N=[N+]=[N-]. The predicted molar refractivity (Wildman–Crippen MR) is 93.8 cm³/mol. The molecule has 2 aromatic carbocycles. The van der Waals surface area contributed by atoms with E-state index in [2.05, 4.69) is 20.1 Å². The van der Waals surface area contributed by atoms with Crippen LogP contribution in [0.15, 0.2) is 59.7 Å². The molecule has 0 aromatic heterocycles. The minimum Gasteiger partial charge on any atom is -0.467 e. The number of benzene rings is 2. The predicted octanol–water partition coefficient (Wildman–Crippen LogP) is 3.32. The number of ether oxygens (including phenoxy) is 1. The van der Waals surface area contributed by atoms with Crippen molar-refractivity contribution in [2.75, 3.05) is 7.11 Å². The minimum atomic E-state index is -1.05. The Morgan fingerprint density at radius 1 is 1.08 bits per heavy atom. The fourth-order valence-corrected chi connectivity index (χ4v) is 2.32. The number of nitrogens with zero attached hydrogens (tertiary/aromatic N) is 3. The normalized spacial score (nSPS) is 12.4. The van der Waals surface area contributed by atoms with Gasteiger partial charge in [0.2, 0.25) is 0 Å². The molecule has 2 rings (SSSR count). The second-order valence-electron chi connectivity index (χ2n) is 5.36. The van der Waals surface area contributed by atoms with Gasteiger partial charge < -0.3 is 10.1 Å². The van der Waals surface area contributed by atoms with Gasteiger partial charge in [-0.3, -0.25) is 4.79 Å². The molecule has 0 aliphatic heterocycles. The fraction of sp³-hybridized carbons (Fsp3) is 0.222. The Morgan fingerprint density at radius 3 is 2.24 bits per heavy atom. The minimum absolute atomic E-state index is 0.390. The average Bonchev–Trinajstić information content (AvgIpc) is 2.66. The van der Waals surface area contributed by atoms with Crippen molar-refractivity contribution in [3.8, 4) is 11.1 Å². The number of carbonyl (C=O) groups is 2. The number of hydrogen-bond acceptors (Lipinski definition) is 4. The van der Waals surface area contributed by atoms with Gasteiger partial charge in [-0.05, 0) is 28.8 Å². The van der Waals surface area contributed by atoms with Gasteiger partial charge in [0, 0.05) is 10.5 Å². The summed E-state index contributed by atoms with van der Waals surface area (Å²) in [5.41, 5.74) is 10.9. The van der Waals surface area contributed by atoms with E-state index in [1.807, 2.05) is 42.5 Å². The third-order valence-corrected chi connectivity index (χ3v) is 3.71. The summed E-state index contributed by atoms with van der Waals surface area (Å²) in [5.74, 6) is -1.12. The standard InChI is InChI=1S/C18H18N4O3/c1-12(21-22-19)16(18(24)25-2)20-17(23)15-10-8-14(9-11-15)13-6-4-3-5-7-13/h3-12,16H,1-2H3,(H,20,23)/t12-,16+/m1/s1.